The van der Waals surface area contributed by atoms with Crippen LogP contribution in [0.5, 0.6) is 5.75 Å². The van der Waals surface area contributed by atoms with Crippen LogP contribution < -0.4 is 4.74 Å². The second-order valence-electron chi connectivity index (χ2n) is 2.77. The Morgan fingerprint density at radius 1 is 1.47 bits per heavy atom. The average Bonchev–Trinajstić information content (AvgIpc) is 2.29. The number of ether oxygens (including phenoxy) is 1. The molecule has 0 radical (unpaired) electrons. The smallest absolute Gasteiger partial charge is 0.137 e. The van der Waals surface area contributed by atoms with E-state index in [4.69, 9.17) is 21.6 Å². The van der Waals surface area contributed by atoms with Gasteiger partial charge < -0.3 is 4.74 Å². The van der Waals surface area contributed by atoms with Gasteiger partial charge >= 0.3 is 0 Å². The van der Waals surface area contributed by atoms with Gasteiger partial charge in [-0.05, 0) is 18.2 Å². The second kappa shape index (κ2) is 5.96. The fourth-order valence-electron chi connectivity index (χ4n) is 1.07. The van der Waals surface area contributed by atoms with E-state index in [1.165, 1.54) is 7.11 Å². The Kier molecular flexibility index (Phi) is 4.54. The molecule has 0 spiro atoms. The van der Waals surface area contributed by atoms with Crippen LogP contribution in [-0.4, -0.2) is 13.0 Å². The molecule has 2 nitrogen and oxygen atoms in total. The summed E-state index contributed by atoms with van der Waals surface area (Å²) in [6.45, 7) is 0. The van der Waals surface area contributed by atoms with Gasteiger partial charge in [-0.1, -0.05) is 11.8 Å². The molecule has 0 aromatic heterocycles. The van der Waals surface area contributed by atoms with E-state index < -0.39 is 0 Å². The first-order chi connectivity index (χ1) is 7.31. The first-order valence-electron chi connectivity index (χ1n) is 4.44. The number of methoxy groups -OCH3 is 1. The minimum atomic E-state index is 0.514. The van der Waals surface area contributed by atoms with E-state index in [-0.39, 0.29) is 0 Å². The lowest BCUT2D eigenvalue weighted by Crippen LogP contribution is -1.88. The molecule has 0 unspecified atom stereocenters. The van der Waals surface area contributed by atoms with Crippen LogP contribution in [0.15, 0.2) is 18.2 Å². The first kappa shape index (κ1) is 11.4. The molecule has 0 aliphatic rings. The number of nitriles is 1. The maximum absolute atomic E-state index is 8.77. The van der Waals surface area contributed by atoms with E-state index in [0.717, 1.165) is 5.56 Å². The van der Waals surface area contributed by atoms with Gasteiger partial charge in [0.15, 0.2) is 0 Å². The van der Waals surface area contributed by atoms with Crippen LogP contribution >= 0.6 is 11.6 Å². The van der Waals surface area contributed by atoms with E-state index in [1.807, 2.05) is 6.07 Å². The molecule has 1 aromatic carbocycles. The zero-order chi connectivity index (χ0) is 11.1. The Balaban J connectivity index is 2.96. The van der Waals surface area contributed by atoms with Gasteiger partial charge in [0.25, 0.3) is 0 Å². The van der Waals surface area contributed by atoms with Gasteiger partial charge in [-0.25, -0.2) is 0 Å². The molecular formula is C12H10ClNO. The summed E-state index contributed by atoms with van der Waals surface area (Å²) in [5, 5.41) is 8.77. The monoisotopic (exact) mass is 219 g/mol. The van der Waals surface area contributed by atoms with Crippen LogP contribution in [0.2, 0.25) is 0 Å². The molecule has 0 saturated carbocycles. The molecule has 15 heavy (non-hydrogen) atoms. The topological polar surface area (TPSA) is 33.0 Å². The molecule has 0 heterocycles. The molecule has 0 atom stereocenters. The summed E-state index contributed by atoms with van der Waals surface area (Å²) in [7, 11) is 1.53. The molecule has 0 bridgehead atoms. The van der Waals surface area contributed by atoms with Crippen molar-refractivity contribution in [1.82, 2.24) is 0 Å². The summed E-state index contributed by atoms with van der Waals surface area (Å²) in [4.78, 5) is 0. The quantitative estimate of drug-likeness (QED) is 0.566. The summed E-state index contributed by atoms with van der Waals surface area (Å²) in [5.74, 6) is 6.95. The second-order valence-corrected chi connectivity index (χ2v) is 3.15. The van der Waals surface area contributed by atoms with Crippen LogP contribution in [0.4, 0.5) is 0 Å². The third-order valence-electron chi connectivity index (χ3n) is 1.77. The Morgan fingerprint density at radius 2 is 2.27 bits per heavy atom. The Morgan fingerprint density at radius 3 is 2.87 bits per heavy atom. The lowest BCUT2D eigenvalue weighted by Gasteiger charge is -2.01. The van der Waals surface area contributed by atoms with Gasteiger partial charge in [-0.3, -0.25) is 0 Å². The number of rotatable bonds is 2. The summed E-state index contributed by atoms with van der Waals surface area (Å²) in [6.07, 6.45) is 0.657. The van der Waals surface area contributed by atoms with Crippen molar-refractivity contribution in [2.24, 2.45) is 0 Å². The van der Waals surface area contributed by atoms with Crippen molar-refractivity contribution >= 4 is 11.6 Å². The average molecular weight is 220 g/mol. The highest BCUT2D eigenvalue weighted by molar-refractivity contribution is 6.18. The van der Waals surface area contributed by atoms with Gasteiger partial charge in [0.05, 0.1) is 12.7 Å². The number of halogens is 1. The maximum atomic E-state index is 8.77. The van der Waals surface area contributed by atoms with Gasteiger partial charge in [0, 0.05) is 17.9 Å². The number of hydrogen-bond donors (Lipinski definition) is 0. The van der Waals surface area contributed by atoms with Crippen LogP contribution in [0.1, 0.15) is 17.5 Å². The van der Waals surface area contributed by atoms with Gasteiger partial charge in [-0.15, -0.1) is 11.6 Å². The van der Waals surface area contributed by atoms with Crippen LogP contribution in [0, 0.1) is 23.2 Å². The summed E-state index contributed by atoms with van der Waals surface area (Å²) in [5.41, 5.74) is 1.34. The van der Waals surface area contributed by atoms with Gasteiger partial charge in [0.2, 0.25) is 0 Å². The van der Waals surface area contributed by atoms with Crippen molar-refractivity contribution < 1.29 is 4.74 Å². The van der Waals surface area contributed by atoms with E-state index >= 15 is 0 Å². The SMILES string of the molecule is COc1cc(C#CCCCl)ccc1C#N. The number of hydrogen-bond acceptors (Lipinski definition) is 2. The fourth-order valence-corrected chi connectivity index (χ4v) is 1.17. The highest BCUT2D eigenvalue weighted by Crippen LogP contribution is 2.18. The normalized spacial score (nSPS) is 8.60. The molecule has 0 N–H and O–H groups in total. The van der Waals surface area contributed by atoms with E-state index in [0.29, 0.717) is 23.6 Å². The summed E-state index contributed by atoms with van der Waals surface area (Å²) in [6, 6.07) is 7.29. The minimum absolute atomic E-state index is 0.514. The zero-order valence-corrected chi connectivity index (χ0v) is 9.14. The van der Waals surface area contributed by atoms with Crippen LogP contribution in [0.25, 0.3) is 0 Å². The molecule has 0 amide bonds. The maximum Gasteiger partial charge on any atom is 0.137 e. The molecular weight excluding hydrogens is 210 g/mol. The van der Waals surface area contributed by atoms with Crippen LogP contribution in [0.3, 0.4) is 0 Å². The van der Waals surface area contributed by atoms with E-state index in [9.17, 15) is 0 Å². The molecule has 76 valence electrons. The predicted octanol–water partition coefficient (Wildman–Crippen LogP) is 2.55. The zero-order valence-electron chi connectivity index (χ0n) is 8.38. The predicted molar refractivity (Wildman–Crippen MR) is 59.9 cm³/mol. The number of benzene rings is 1. The number of nitrogens with zero attached hydrogens (tertiary/aromatic N) is 1. The van der Waals surface area contributed by atoms with Gasteiger partial charge in [-0.2, -0.15) is 5.26 Å². The van der Waals surface area contributed by atoms with Crippen LogP contribution in [-0.2, 0) is 0 Å². The third-order valence-corrected chi connectivity index (χ3v) is 1.96. The lowest BCUT2D eigenvalue weighted by atomic mass is 10.1. The Hall–Kier alpha value is -1.64. The molecule has 0 saturated heterocycles. The van der Waals surface area contributed by atoms with E-state index in [2.05, 4.69) is 11.8 Å². The standard InChI is InChI=1S/C12H10ClNO/c1-15-12-8-10(4-2-3-7-13)5-6-11(12)9-14/h5-6,8H,3,7H2,1H3. The van der Waals surface area contributed by atoms with Crippen molar-refractivity contribution in [3.05, 3.63) is 29.3 Å². The highest BCUT2D eigenvalue weighted by atomic mass is 35.5. The molecule has 3 heteroatoms. The van der Waals surface area contributed by atoms with Crippen molar-refractivity contribution in [2.45, 2.75) is 6.42 Å². The molecule has 0 aliphatic heterocycles. The minimum Gasteiger partial charge on any atom is -0.495 e. The lowest BCUT2D eigenvalue weighted by molar-refractivity contribution is 0.413. The Labute approximate surface area is 94.4 Å². The first-order valence-corrected chi connectivity index (χ1v) is 4.98. The summed E-state index contributed by atoms with van der Waals surface area (Å²) >= 11 is 5.50. The van der Waals surface area contributed by atoms with E-state index in [1.54, 1.807) is 18.2 Å². The molecule has 0 fully saturated rings. The highest BCUT2D eigenvalue weighted by Gasteiger charge is 2.01. The largest absolute Gasteiger partial charge is 0.495 e. The fraction of sp³-hybridized carbons (Fsp3) is 0.250. The molecule has 1 aromatic rings. The summed E-state index contributed by atoms with van der Waals surface area (Å²) < 4.78 is 5.07. The molecule has 1 rings (SSSR count). The van der Waals surface area contributed by atoms with Crippen molar-refractivity contribution in [2.75, 3.05) is 13.0 Å². The third kappa shape index (κ3) is 3.20. The van der Waals surface area contributed by atoms with Crippen molar-refractivity contribution in [3.8, 4) is 23.7 Å². The van der Waals surface area contributed by atoms with Crippen molar-refractivity contribution in [1.29, 1.82) is 5.26 Å². The number of alkyl halides is 1. The molecule has 0 aliphatic carbocycles. The Bertz CT molecular complexity index is 437. The van der Waals surface area contributed by atoms with Gasteiger partial charge in [0.1, 0.15) is 11.8 Å². The van der Waals surface area contributed by atoms with Crippen molar-refractivity contribution in [3.63, 3.8) is 0 Å².